The van der Waals surface area contributed by atoms with Gasteiger partial charge in [-0.3, -0.25) is 9.20 Å². The summed E-state index contributed by atoms with van der Waals surface area (Å²) >= 11 is 1.77. The number of amidine groups is 1. The first-order chi connectivity index (χ1) is 6.18. The SMILES string of the molecule is CC(CCS(C)=O)NC1=NCCS1. The lowest BCUT2D eigenvalue weighted by molar-refractivity contribution is 0.638. The molecule has 1 aliphatic rings. The zero-order valence-corrected chi connectivity index (χ0v) is 9.71. The van der Waals surface area contributed by atoms with E-state index in [9.17, 15) is 4.21 Å². The highest BCUT2D eigenvalue weighted by molar-refractivity contribution is 8.14. The van der Waals surface area contributed by atoms with E-state index in [1.807, 2.05) is 0 Å². The van der Waals surface area contributed by atoms with E-state index < -0.39 is 10.8 Å². The maximum absolute atomic E-state index is 10.8. The van der Waals surface area contributed by atoms with E-state index in [4.69, 9.17) is 0 Å². The van der Waals surface area contributed by atoms with Gasteiger partial charge in [-0.05, 0) is 13.3 Å². The van der Waals surface area contributed by atoms with Crippen LogP contribution in [-0.2, 0) is 10.8 Å². The molecule has 1 rings (SSSR count). The lowest BCUT2D eigenvalue weighted by Crippen LogP contribution is -2.30. The monoisotopic (exact) mass is 220 g/mol. The lowest BCUT2D eigenvalue weighted by atomic mass is 10.3. The number of hydrogen-bond acceptors (Lipinski definition) is 4. The van der Waals surface area contributed by atoms with Crippen LogP contribution in [0.5, 0.6) is 0 Å². The van der Waals surface area contributed by atoms with E-state index in [0.29, 0.717) is 6.04 Å². The van der Waals surface area contributed by atoms with Crippen molar-refractivity contribution in [1.29, 1.82) is 0 Å². The zero-order chi connectivity index (χ0) is 9.68. The summed E-state index contributed by atoms with van der Waals surface area (Å²) in [5, 5.41) is 4.36. The van der Waals surface area contributed by atoms with Gasteiger partial charge >= 0.3 is 0 Å². The Bertz CT molecular complexity index is 218. The molecule has 5 heteroatoms. The summed E-state index contributed by atoms with van der Waals surface area (Å²) in [6, 6.07) is 0.383. The maximum atomic E-state index is 10.8. The molecule has 13 heavy (non-hydrogen) atoms. The predicted octanol–water partition coefficient (Wildman–Crippen LogP) is 0.836. The lowest BCUT2D eigenvalue weighted by Gasteiger charge is -2.13. The molecule has 2 atom stereocenters. The largest absolute Gasteiger partial charge is 0.362 e. The van der Waals surface area contributed by atoms with Crippen molar-refractivity contribution in [3.05, 3.63) is 0 Å². The third-order valence-electron chi connectivity index (χ3n) is 1.79. The molecule has 0 saturated carbocycles. The van der Waals surface area contributed by atoms with Crippen molar-refractivity contribution in [1.82, 2.24) is 5.32 Å². The second kappa shape index (κ2) is 5.65. The van der Waals surface area contributed by atoms with E-state index in [1.165, 1.54) is 0 Å². The number of thioether (sulfide) groups is 1. The standard InChI is InChI=1S/C8H16N2OS2/c1-7(3-6-13(2)11)10-8-9-4-5-12-8/h7H,3-6H2,1-2H3,(H,9,10). The van der Waals surface area contributed by atoms with Gasteiger partial charge < -0.3 is 5.32 Å². The van der Waals surface area contributed by atoms with Crippen LogP contribution in [0.1, 0.15) is 13.3 Å². The molecular formula is C8H16N2OS2. The molecule has 0 aromatic carbocycles. The Labute approximate surface area is 86.2 Å². The predicted molar refractivity (Wildman–Crippen MR) is 60.9 cm³/mol. The second-order valence-electron chi connectivity index (χ2n) is 3.15. The highest BCUT2D eigenvalue weighted by Gasteiger charge is 2.10. The van der Waals surface area contributed by atoms with Crippen molar-refractivity contribution >= 4 is 27.7 Å². The molecule has 1 aliphatic heterocycles. The summed E-state index contributed by atoms with van der Waals surface area (Å²) < 4.78 is 10.8. The maximum Gasteiger partial charge on any atom is 0.156 e. The molecule has 0 aliphatic carbocycles. The molecule has 0 saturated heterocycles. The zero-order valence-electron chi connectivity index (χ0n) is 8.08. The van der Waals surface area contributed by atoms with Crippen LogP contribution in [0, 0.1) is 0 Å². The average Bonchev–Trinajstić information content (AvgIpc) is 2.53. The minimum atomic E-state index is -0.676. The van der Waals surface area contributed by atoms with Crippen molar-refractivity contribution in [3.63, 3.8) is 0 Å². The van der Waals surface area contributed by atoms with Crippen molar-refractivity contribution in [2.24, 2.45) is 4.99 Å². The Morgan fingerprint density at radius 2 is 2.54 bits per heavy atom. The normalized spacial score (nSPS) is 20.9. The summed E-state index contributed by atoms with van der Waals surface area (Å²) in [5.74, 6) is 1.86. The molecule has 0 fully saturated rings. The fourth-order valence-electron chi connectivity index (χ4n) is 1.05. The van der Waals surface area contributed by atoms with Gasteiger partial charge in [0.25, 0.3) is 0 Å². The summed E-state index contributed by atoms with van der Waals surface area (Å²) in [5.41, 5.74) is 0. The first kappa shape index (κ1) is 11.0. The Morgan fingerprint density at radius 3 is 3.08 bits per heavy atom. The molecule has 3 nitrogen and oxygen atoms in total. The third kappa shape index (κ3) is 4.67. The molecule has 76 valence electrons. The fraction of sp³-hybridized carbons (Fsp3) is 0.875. The molecule has 0 bridgehead atoms. The van der Waals surface area contributed by atoms with Crippen molar-refractivity contribution < 1.29 is 4.21 Å². The number of nitrogens with one attached hydrogen (secondary N) is 1. The number of rotatable bonds is 4. The highest BCUT2D eigenvalue weighted by atomic mass is 32.2. The summed E-state index contributed by atoms with van der Waals surface area (Å²) in [7, 11) is -0.676. The van der Waals surface area contributed by atoms with Gasteiger partial charge in [0, 0.05) is 34.6 Å². The summed E-state index contributed by atoms with van der Waals surface area (Å²) in [6.45, 7) is 3.04. The van der Waals surface area contributed by atoms with Crippen LogP contribution in [0.25, 0.3) is 0 Å². The minimum Gasteiger partial charge on any atom is -0.362 e. The van der Waals surface area contributed by atoms with Gasteiger partial charge in [-0.15, -0.1) is 0 Å². The Hall–Kier alpha value is -0.0300. The average molecular weight is 220 g/mol. The van der Waals surface area contributed by atoms with Crippen LogP contribution in [0.15, 0.2) is 4.99 Å². The molecule has 1 N–H and O–H groups in total. The quantitative estimate of drug-likeness (QED) is 0.763. The highest BCUT2D eigenvalue weighted by Crippen LogP contribution is 2.10. The van der Waals surface area contributed by atoms with Crippen molar-refractivity contribution in [2.45, 2.75) is 19.4 Å². The van der Waals surface area contributed by atoms with Gasteiger partial charge in [0.1, 0.15) is 0 Å². The molecule has 0 radical (unpaired) electrons. The first-order valence-corrected chi connectivity index (χ1v) is 7.13. The number of hydrogen-bond donors (Lipinski definition) is 1. The molecule has 0 aromatic heterocycles. The van der Waals surface area contributed by atoms with Gasteiger partial charge in [-0.2, -0.15) is 0 Å². The van der Waals surface area contributed by atoms with Gasteiger partial charge in [-0.25, -0.2) is 0 Å². The van der Waals surface area contributed by atoms with E-state index in [0.717, 1.165) is 29.6 Å². The van der Waals surface area contributed by atoms with Gasteiger partial charge in [0.15, 0.2) is 5.17 Å². The van der Waals surface area contributed by atoms with E-state index >= 15 is 0 Å². The molecule has 0 spiro atoms. The van der Waals surface area contributed by atoms with Crippen LogP contribution in [0.3, 0.4) is 0 Å². The first-order valence-electron chi connectivity index (χ1n) is 4.42. The fourth-order valence-corrected chi connectivity index (χ4v) is 2.58. The molecular weight excluding hydrogens is 204 g/mol. The Kier molecular flexibility index (Phi) is 4.80. The Balaban J connectivity index is 2.16. The molecule has 0 amide bonds. The van der Waals surface area contributed by atoms with Crippen molar-refractivity contribution in [3.8, 4) is 0 Å². The van der Waals surface area contributed by atoms with Gasteiger partial charge in [0.05, 0.1) is 6.54 Å². The molecule has 0 aromatic rings. The van der Waals surface area contributed by atoms with Crippen LogP contribution >= 0.6 is 11.8 Å². The number of nitrogens with zero attached hydrogens (tertiary/aromatic N) is 1. The molecule has 2 unspecified atom stereocenters. The van der Waals surface area contributed by atoms with E-state index in [2.05, 4.69) is 17.2 Å². The topological polar surface area (TPSA) is 41.5 Å². The van der Waals surface area contributed by atoms with Crippen LogP contribution in [-0.4, -0.2) is 39.7 Å². The van der Waals surface area contributed by atoms with Crippen LogP contribution in [0.4, 0.5) is 0 Å². The van der Waals surface area contributed by atoms with Crippen LogP contribution < -0.4 is 5.32 Å². The number of aliphatic imine (C=N–C) groups is 1. The summed E-state index contributed by atoms with van der Waals surface area (Å²) in [4.78, 5) is 4.30. The Morgan fingerprint density at radius 1 is 1.77 bits per heavy atom. The van der Waals surface area contributed by atoms with Crippen LogP contribution in [0.2, 0.25) is 0 Å². The second-order valence-corrected chi connectivity index (χ2v) is 5.78. The van der Waals surface area contributed by atoms with Gasteiger partial charge in [0.2, 0.25) is 0 Å². The smallest absolute Gasteiger partial charge is 0.156 e. The van der Waals surface area contributed by atoms with E-state index in [-0.39, 0.29) is 0 Å². The minimum absolute atomic E-state index is 0.383. The summed E-state index contributed by atoms with van der Waals surface area (Å²) in [6.07, 6.45) is 2.69. The van der Waals surface area contributed by atoms with Gasteiger partial charge in [-0.1, -0.05) is 11.8 Å². The third-order valence-corrected chi connectivity index (χ3v) is 3.51. The van der Waals surface area contributed by atoms with Crippen molar-refractivity contribution in [2.75, 3.05) is 24.3 Å². The van der Waals surface area contributed by atoms with E-state index in [1.54, 1.807) is 18.0 Å². The molecule has 1 heterocycles.